The Hall–Kier alpha value is -4.43. The SMILES string of the molecule is O=C(Nc1ccc(NC(=O)c2cn(-c3ccccc3)nc2-c2cccs2)cc1)c1ccco1. The minimum absolute atomic E-state index is 0.226. The predicted octanol–water partition coefficient (Wildman–Crippen LogP) is 5.70. The number of furan rings is 1. The van der Waals surface area contributed by atoms with Crippen LogP contribution in [-0.4, -0.2) is 21.6 Å². The van der Waals surface area contributed by atoms with Gasteiger partial charge in [-0.05, 0) is 60.0 Å². The van der Waals surface area contributed by atoms with Crippen LogP contribution in [0.5, 0.6) is 0 Å². The van der Waals surface area contributed by atoms with E-state index in [4.69, 9.17) is 4.42 Å². The fraction of sp³-hybridized carbons (Fsp3) is 0. The molecule has 0 spiro atoms. The van der Waals surface area contributed by atoms with Gasteiger partial charge in [0, 0.05) is 17.6 Å². The summed E-state index contributed by atoms with van der Waals surface area (Å²) in [5, 5.41) is 12.3. The monoisotopic (exact) mass is 454 g/mol. The number of amides is 2. The van der Waals surface area contributed by atoms with E-state index in [0.717, 1.165) is 10.6 Å². The van der Waals surface area contributed by atoms with Crippen molar-refractivity contribution in [3.05, 3.63) is 108 Å². The molecule has 3 aromatic heterocycles. The summed E-state index contributed by atoms with van der Waals surface area (Å²) in [5.74, 6) is -0.387. The van der Waals surface area contributed by atoms with Crippen molar-refractivity contribution >= 4 is 34.5 Å². The van der Waals surface area contributed by atoms with Crippen LogP contribution in [-0.2, 0) is 0 Å². The second-order valence-corrected chi connectivity index (χ2v) is 8.06. The van der Waals surface area contributed by atoms with E-state index in [0.29, 0.717) is 22.6 Å². The number of carbonyl (C=O) groups excluding carboxylic acids is 2. The molecule has 0 aliphatic carbocycles. The summed E-state index contributed by atoms with van der Waals surface area (Å²) in [6.45, 7) is 0. The van der Waals surface area contributed by atoms with Crippen molar-refractivity contribution < 1.29 is 14.0 Å². The van der Waals surface area contributed by atoms with Gasteiger partial charge >= 0.3 is 0 Å². The van der Waals surface area contributed by atoms with Crippen LogP contribution in [0.4, 0.5) is 11.4 Å². The van der Waals surface area contributed by atoms with E-state index in [-0.39, 0.29) is 17.6 Å². The third kappa shape index (κ3) is 4.46. The first-order valence-electron chi connectivity index (χ1n) is 10.1. The lowest BCUT2D eigenvalue weighted by Gasteiger charge is -2.07. The molecule has 2 amide bonds. The molecule has 33 heavy (non-hydrogen) atoms. The second kappa shape index (κ2) is 8.97. The summed E-state index contributed by atoms with van der Waals surface area (Å²) in [5.41, 5.74) is 3.14. The fourth-order valence-corrected chi connectivity index (χ4v) is 4.01. The molecule has 5 rings (SSSR count). The summed E-state index contributed by atoms with van der Waals surface area (Å²) in [6.07, 6.45) is 3.18. The van der Waals surface area contributed by atoms with Gasteiger partial charge in [0.2, 0.25) is 0 Å². The van der Waals surface area contributed by atoms with Gasteiger partial charge in [-0.15, -0.1) is 11.3 Å². The number of nitrogens with zero attached hydrogens (tertiary/aromatic N) is 2. The minimum Gasteiger partial charge on any atom is -0.459 e. The fourth-order valence-electron chi connectivity index (χ4n) is 3.28. The topological polar surface area (TPSA) is 89.2 Å². The first kappa shape index (κ1) is 20.5. The Kier molecular flexibility index (Phi) is 5.57. The zero-order valence-electron chi connectivity index (χ0n) is 17.3. The third-order valence-electron chi connectivity index (χ3n) is 4.88. The lowest BCUT2D eigenvalue weighted by Crippen LogP contribution is -2.13. The highest BCUT2D eigenvalue weighted by atomic mass is 32.1. The number of benzene rings is 2. The normalized spacial score (nSPS) is 10.7. The number of carbonyl (C=O) groups is 2. The summed E-state index contributed by atoms with van der Waals surface area (Å²) < 4.78 is 6.80. The summed E-state index contributed by atoms with van der Waals surface area (Å²) in [7, 11) is 0. The van der Waals surface area contributed by atoms with Crippen LogP contribution in [0, 0.1) is 0 Å². The summed E-state index contributed by atoms with van der Waals surface area (Å²) in [6, 6.07) is 23.6. The second-order valence-electron chi connectivity index (χ2n) is 7.11. The lowest BCUT2D eigenvalue weighted by molar-refractivity contribution is 0.0994. The molecule has 0 saturated heterocycles. The van der Waals surface area contributed by atoms with Crippen LogP contribution < -0.4 is 10.6 Å². The number of para-hydroxylation sites is 1. The molecule has 0 fully saturated rings. The number of aromatic nitrogens is 2. The molecule has 2 N–H and O–H groups in total. The highest BCUT2D eigenvalue weighted by Gasteiger charge is 2.19. The molecule has 7 nitrogen and oxygen atoms in total. The molecule has 0 unspecified atom stereocenters. The zero-order valence-corrected chi connectivity index (χ0v) is 18.1. The molecule has 0 bridgehead atoms. The lowest BCUT2D eigenvalue weighted by atomic mass is 10.2. The van der Waals surface area contributed by atoms with E-state index in [1.807, 2.05) is 47.8 Å². The van der Waals surface area contributed by atoms with Crippen molar-refractivity contribution in [2.75, 3.05) is 10.6 Å². The van der Waals surface area contributed by atoms with Gasteiger partial charge in [0.1, 0.15) is 5.69 Å². The number of nitrogens with one attached hydrogen (secondary N) is 2. The van der Waals surface area contributed by atoms with Crippen molar-refractivity contribution in [2.24, 2.45) is 0 Å². The molecule has 162 valence electrons. The molecular weight excluding hydrogens is 436 g/mol. The number of anilines is 2. The number of rotatable bonds is 6. The van der Waals surface area contributed by atoms with Crippen LogP contribution in [0.15, 0.2) is 101 Å². The highest BCUT2D eigenvalue weighted by molar-refractivity contribution is 7.13. The summed E-state index contributed by atoms with van der Waals surface area (Å²) in [4.78, 5) is 26.2. The van der Waals surface area contributed by atoms with Crippen LogP contribution in [0.2, 0.25) is 0 Å². The Balaban J connectivity index is 1.36. The number of thiophene rings is 1. The molecule has 8 heteroatoms. The van der Waals surface area contributed by atoms with E-state index < -0.39 is 0 Å². The Bertz CT molecular complexity index is 1370. The molecule has 0 radical (unpaired) electrons. The Morgan fingerprint density at radius 1 is 0.818 bits per heavy atom. The molecule has 3 heterocycles. The maximum absolute atomic E-state index is 13.2. The predicted molar refractivity (Wildman–Crippen MR) is 128 cm³/mol. The molecule has 2 aromatic carbocycles. The Labute approximate surface area is 193 Å². The summed E-state index contributed by atoms with van der Waals surface area (Å²) >= 11 is 1.53. The van der Waals surface area contributed by atoms with Gasteiger partial charge in [-0.1, -0.05) is 24.3 Å². The minimum atomic E-state index is -0.342. The van der Waals surface area contributed by atoms with Crippen LogP contribution >= 0.6 is 11.3 Å². The third-order valence-corrected chi connectivity index (χ3v) is 5.76. The zero-order chi connectivity index (χ0) is 22.6. The first-order valence-corrected chi connectivity index (χ1v) is 11.0. The van der Waals surface area contributed by atoms with Gasteiger partial charge in [-0.2, -0.15) is 5.10 Å². The molecule has 5 aromatic rings. The number of hydrogen-bond donors (Lipinski definition) is 2. The van der Waals surface area contributed by atoms with Gasteiger partial charge in [0.05, 0.1) is 22.4 Å². The first-order chi connectivity index (χ1) is 16.2. The van der Waals surface area contributed by atoms with E-state index in [9.17, 15) is 9.59 Å². The molecule has 0 aliphatic rings. The van der Waals surface area contributed by atoms with Crippen molar-refractivity contribution in [3.63, 3.8) is 0 Å². The van der Waals surface area contributed by atoms with Crippen molar-refractivity contribution in [3.8, 4) is 16.3 Å². The Morgan fingerprint density at radius 2 is 1.55 bits per heavy atom. The standard InChI is InChI=1S/C25H18N4O3S/c30-24(26-17-10-12-18(13-11-17)27-25(31)21-8-4-14-32-21)20-16-29(19-6-2-1-3-7-19)28-23(20)22-9-5-15-33-22/h1-16H,(H,26,30)(H,27,31). The molecular formula is C25H18N4O3S. The van der Waals surface area contributed by atoms with Gasteiger partial charge in [-0.3, -0.25) is 9.59 Å². The highest BCUT2D eigenvalue weighted by Crippen LogP contribution is 2.28. The van der Waals surface area contributed by atoms with Crippen LogP contribution in [0.1, 0.15) is 20.9 Å². The van der Waals surface area contributed by atoms with E-state index in [1.165, 1.54) is 17.6 Å². The van der Waals surface area contributed by atoms with Crippen LogP contribution in [0.3, 0.4) is 0 Å². The Morgan fingerprint density at radius 3 is 2.18 bits per heavy atom. The quantitative estimate of drug-likeness (QED) is 0.344. The van der Waals surface area contributed by atoms with Gasteiger partial charge in [0.25, 0.3) is 11.8 Å². The maximum Gasteiger partial charge on any atom is 0.291 e. The molecule has 0 saturated carbocycles. The van der Waals surface area contributed by atoms with E-state index in [1.54, 1.807) is 47.3 Å². The average molecular weight is 455 g/mol. The number of hydrogen-bond acceptors (Lipinski definition) is 5. The van der Waals surface area contributed by atoms with Crippen LogP contribution in [0.25, 0.3) is 16.3 Å². The van der Waals surface area contributed by atoms with Crippen molar-refractivity contribution in [1.29, 1.82) is 0 Å². The van der Waals surface area contributed by atoms with Crippen molar-refractivity contribution in [2.45, 2.75) is 0 Å². The molecule has 0 aliphatic heterocycles. The molecule has 0 atom stereocenters. The van der Waals surface area contributed by atoms with Gasteiger partial charge in [-0.25, -0.2) is 4.68 Å². The van der Waals surface area contributed by atoms with Gasteiger partial charge < -0.3 is 15.1 Å². The maximum atomic E-state index is 13.2. The van der Waals surface area contributed by atoms with E-state index >= 15 is 0 Å². The van der Waals surface area contributed by atoms with Crippen molar-refractivity contribution in [1.82, 2.24) is 9.78 Å². The average Bonchev–Trinajstić information content (AvgIpc) is 3.62. The smallest absolute Gasteiger partial charge is 0.291 e. The van der Waals surface area contributed by atoms with Gasteiger partial charge in [0.15, 0.2) is 5.76 Å². The van der Waals surface area contributed by atoms with E-state index in [2.05, 4.69) is 15.7 Å². The largest absolute Gasteiger partial charge is 0.459 e.